The maximum Gasteiger partial charge on any atom is 0.276 e. The first kappa shape index (κ1) is 16.5. The molecule has 0 atom stereocenters. The summed E-state index contributed by atoms with van der Waals surface area (Å²) in [5.41, 5.74) is 4.10. The highest BCUT2D eigenvalue weighted by molar-refractivity contribution is 7.21. The molecule has 1 amide bonds. The van der Waals surface area contributed by atoms with Crippen LogP contribution in [0.1, 0.15) is 23.1 Å². The van der Waals surface area contributed by atoms with Crippen LogP contribution in [0, 0.1) is 6.92 Å². The highest BCUT2D eigenvalue weighted by atomic mass is 32.1. The second kappa shape index (κ2) is 6.72. The van der Waals surface area contributed by atoms with Gasteiger partial charge in [0, 0.05) is 23.5 Å². The summed E-state index contributed by atoms with van der Waals surface area (Å²) < 4.78 is 2.96. The predicted octanol–water partition coefficient (Wildman–Crippen LogP) is 4.74. The molecule has 0 aliphatic heterocycles. The van der Waals surface area contributed by atoms with E-state index in [2.05, 4.69) is 21.5 Å². The molecule has 0 aliphatic rings. The molecule has 4 aromatic rings. The number of para-hydroxylation sites is 1. The predicted molar refractivity (Wildman–Crippen MR) is 106 cm³/mol. The van der Waals surface area contributed by atoms with Gasteiger partial charge in [-0.3, -0.25) is 9.48 Å². The molecule has 2 heterocycles. The smallest absolute Gasteiger partial charge is 0.276 e. The van der Waals surface area contributed by atoms with Crippen LogP contribution in [-0.2, 0) is 6.54 Å². The Morgan fingerprint density at radius 3 is 2.77 bits per heavy atom. The first-order valence-corrected chi connectivity index (χ1v) is 9.27. The van der Waals surface area contributed by atoms with E-state index in [1.165, 1.54) is 0 Å². The number of benzene rings is 2. The van der Waals surface area contributed by atoms with Crippen LogP contribution >= 0.6 is 11.3 Å². The molecule has 1 N–H and O–H groups in total. The van der Waals surface area contributed by atoms with Gasteiger partial charge in [-0.05, 0) is 44.2 Å². The molecule has 2 aromatic carbocycles. The largest absolute Gasteiger partial charge is 0.321 e. The minimum absolute atomic E-state index is 0.207. The first-order valence-electron chi connectivity index (χ1n) is 8.46. The summed E-state index contributed by atoms with van der Waals surface area (Å²) in [5, 5.41) is 8.20. The highest BCUT2D eigenvalue weighted by Crippen LogP contribution is 2.31. The summed E-state index contributed by atoms with van der Waals surface area (Å²) in [4.78, 5) is 17.2. The molecular weight excluding hydrogens is 344 g/mol. The van der Waals surface area contributed by atoms with Crippen molar-refractivity contribution < 1.29 is 4.79 Å². The van der Waals surface area contributed by atoms with Gasteiger partial charge >= 0.3 is 0 Å². The SMILES string of the molecule is CCn1nc(C(=O)Nc2cccc(-c3nc4ccccc4s3)c2)cc1C. The Labute approximate surface area is 155 Å². The molecule has 4 rings (SSSR count). The van der Waals surface area contributed by atoms with E-state index in [-0.39, 0.29) is 5.91 Å². The zero-order valence-corrected chi connectivity index (χ0v) is 15.4. The Morgan fingerprint density at radius 2 is 2.00 bits per heavy atom. The first-order chi connectivity index (χ1) is 12.6. The van der Waals surface area contributed by atoms with E-state index in [1.54, 1.807) is 17.4 Å². The van der Waals surface area contributed by atoms with Crippen LogP contribution in [0.15, 0.2) is 54.6 Å². The van der Waals surface area contributed by atoms with Crippen LogP contribution in [0.4, 0.5) is 5.69 Å². The van der Waals surface area contributed by atoms with Gasteiger partial charge in [0.25, 0.3) is 5.91 Å². The molecule has 0 bridgehead atoms. The average molecular weight is 362 g/mol. The lowest BCUT2D eigenvalue weighted by molar-refractivity contribution is 0.102. The van der Waals surface area contributed by atoms with Gasteiger partial charge in [-0.25, -0.2) is 4.98 Å². The number of carbonyl (C=O) groups excluding carboxylic acids is 1. The summed E-state index contributed by atoms with van der Waals surface area (Å²) in [6.45, 7) is 4.69. The van der Waals surface area contributed by atoms with Crippen molar-refractivity contribution in [3.63, 3.8) is 0 Å². The van der Waals surface area contributed by atoms with Crippen molar-refractivity contribution in [1.82, 2.24) is 14.8 Å². The Hall–Kier alpha value is -2.99. The highest BCUT2D eigenvalue weighted by Gasteiger charge is 2.13. The van der Waals surface area contributed by atoms with E-state index in [4.69, 9.17) is 0 Å². The van der Waals surface area contributed by atoms with Crippen LogP contribution in [0.3, 0.4) is 0 Å². The van der Waals surface area contributed by atoms with E-state index in [1.807, 2.05) is 61.0 Å². The minimum atomic E-state index is -0.207. The van der Waals surface area contributed by atoms with Crippen LogP contribution < -0.4 is 5.32 Å². The fourth-order valence-corrected chi connectivity index (χ4v) is 3.82. The zero-order valence-electron chi connectivity index (χ0n) is 14.6. The van der Waals surface area contributed by atoms with Crippen molar-refractivity contribution in [2.45, 2.75) is 20.4 Å². The molecule has 2 aromatic heterocycles. The van der Waals surface area contributed by atoms with Crippen LogP contribution in [0.5, 0.6) is 0 Å². The van der Waals surface area contributed by atoms with E-state index in [0.717, 1.165) is 38.7 Å². The number of hydrogen-bond donors (Lipinski definition) is 1. The number of aryl methyl sites for hydroxylation is 2. The van der Waals surface area contributed by atoms with Crippen LogP contribution in [-0.4, -0.2) is 20.7 Å². The normalized spacial score (nSPS) is 11.0. The fraction of sp³-hybridized carbons (Fsp3) is 0.150. The number of thiazole rings is 1. The van der Waals surface area contributed by atoms with E-state index < -0.39 is 0 Å². The zero-order chi connectivity index (χ0) is 18.1. The van der Waals surface area contributed by atoms with E-state index in [9.17, 15) is 4.79 Å². The molecule has 130 valence electrons. The lowest BCUT2D eigenvalue weighted by Crippen LogP contribution is -2.13. The van der Waals surface area contributed by atoms with Gasteiger partial charge in [0.2, 0.25) is 0 Å². The third-order valence-electron chi connectivity index (χ3n) is 4.17. The molecule has 0 saturated carbocycles. The summed E-state index contributed by atoms with van der Waals surface area (Å²) in [7, 11) is 0. The topological polar surface area (TPSA) is 59.8 Å². The van der Waals surface area contributed by atoms with Crippen LogP contribution in [0.2, 0.25) is 0 Å². The average Bonchev–Trinajstić information content (AvgIpc) is 3.25. The number of amides is 1. The van der Waals surface area contributed by atoms with Crippen molar-refractivity contribution in [3.8, 4) is 10.6 Å². The monoisotopic (exact) mass is 362 g/mol. The second-order valence-corrected chi connectivity index (χ2v) is 7.04. The minimum Gasteiger partial charge on any atom is -0.321 e. The molecule has 0 fully saturated rings. The molecule has 0 spiro atoms. The number of carbonyl (C=O) groups is 1. The maximum atomic E-state index is 12.5. The molecule has 0 radical (unpaired) electrons. The molecule has 5 nitrogen and oxygen atoms in total. The standard InChI is InChI=1S/C20H18N4OS/c1-3-24-13(2)11-17(23-24)19(25)21-15-8-6-7-14(12-15)20-22-16-9-4-5-10-18(16)26-20/h4-12H,3H2,1-2H3,(H,21,25). The van der Waals surface area contributed by atoms with Crippen molar-refractivity contribution in [2.24, 2.45) is 0 Å². The Balaban J connectivity index is 1.60. The summed E-state index contributed by atoms with van der Waals surface area (Å²) >= 11 is 1.64. The number of nitrogens with zero attached hydrogens (tertiary/aromatic N) is 3. The van der Waals surface area contributed by atoms with Crippen molar-refractivity contribution in [2.75, 3.05) is 5.32 Å². The third kappa shape index (κ3) is 3.11. The number of rotatable bonds is 4. The lowest BCUT2D eigenvalue weighted by atomic mass is 10.2. The Morgan fingerprint density at radius 1 is 1.15 bits per heavy atom. The second-order valence-electron chi connectivity index (χ2n) is 6.01. The molecule has 0 aliphatic carbocycles. The van der Waals surface area contributed by atoms with Gasteiger partial charge < -0.3 is 5.32 Å². The van der Waals surface area contributed by atoms with Gasteiger partial charge in [-0.15, -0.1) is 11.3 Å². The van der Waals surface area contributed by atoms with E-state index >= 15 is 0 Å². The third-order valence-corrected chi connectivity index (χ3v) is 5.26. The van der Waals surface area contributed by atoms with Crippen molar-refractivity contribution in [1.29, 1.82) is 0 Å². The molecule has 0 unspecified atom stereocenters. The summed E-state index contributed by atoms with van der Waals surface area (Å²) in [5.74, 6) is -0.207. The van der Waals surface area contributed by atoms with Crippen molar-refractivity contribution >= 4 is 33.1 Å². The van der Waals surface area contributed by atoms with Gasteiger partial charge in [0.05, 0.1) is 10.2 Å². The maximum absolute atomic E-state index is 12.5. The van der Waals surface area contributed by atoms with Crippen molar-refractivity contribution in [3.05, 3.63) is 66.0 Å². The van der Waals surface area contributed by atoms with Gasteiger partial charge in [-0.2, -0.15) is 5.10 Å². The number of hydrogen-bond acceptors (Lipinski definition) is 4. The van der Waals surface area contributed by atoms with Gasteiger partial charge in [-0.1, -0.05) is 24.3 Å². The van der Waals surface area contributed by atoms with Gasteiger partial charge in [0.1, 0.15) is 5.01 Å². The molecule has 6 heteroatoms. The summed E-state index contributed by atoms with van der Waals surface area (Å²) in [6.07, 6.45) is 0. The summed E-state index contributed by atoms with van der Waals surface area (Å²) in [6, 6.07) is 17.6. The molecule has 26 heavy (non-hydrogen) atoms. The number of anilines is 1. The molecular formula is C20H18N4OS. The lowest BCUT2D eigenvalue weighted by Gasteiger charge is -2.05. The number of fused-ring (bicyclic) bond motifs is 1. The van der Waals surface area contributed by atoms with Gasteiger partial charge in [0.15, 0.2) is 5.69 Å². The fourth-order valence-electron chi connectivity index (χ4n) is 2.86. The Kier molecular flexibility index (Phi) is 4.26. The number of aromatic nitrogens is 3. The van der Waals surface area contributed by atoms with E-state index in [0.29, 0.717) is 5.69 Å². The number of nitrogens with one attached hydrogen (secondary N) is 1. The molecule has 0 saturated heterocycles. The quantitative estimate of drug-likeness (QED) is 0.570. The van der Waals surface area contributed by atoms with Crippen LogP contribution in [0.25, 0.3) is 20.8 Å². The Bertz CT molecular complexity index is 1060.